The second kappa shape index (κ2) is 7.71. The van der Waals surface area contributed by atoms with Crippen LogP contribution in [0.15, 0.2) is 66.9 Å². The minimum Gasteiger partial charge on any atom is -0.455 e. The lowest BCUT2D eigenvalue weighted by Gasteiger charge is -2.06. The van der Waals surface area contributed by atoms with E-state index in [9.17, 15) is 9.18 Å². The second-order valence-corrected chi connectivity index (χ2v) is 6.60. The van der Waals surface area contributed by atoms with Crippen LogP contribution in [0.2, 0.25) is 0 Å². The van der Waals surface area contributed by atoms with Crippen LogP contribution in [0.3, 0.4) is 0 Å². The molecule has 0 saturated carbocycles. The Morgan fingerprint density at radius 3 is 2.41 bits per heavy atom. The van der Waals surface area contributed by atoms with Gasteiger partial charge in [0.25, 0.3) is 0 Å². The van der Waals surface area contributed by atoms with E-state index < -0.39 is 5.97 Å². The maximum atomic E-state index is 13.2. The average molecular weight is 390 g/mol. The average Bonchev–Trinajstić information content (AvgIpc) is 3.32. The number of aromatic nitrogens is 4. The third-order valence-electron chi connectivity index (χ3n) is 4.58. The number of hydrogen-bond donors (Lipinski definition) is 0. The zero-order valence-electron chi connectivity index (χ0n) is 16.0. The smallest absolute Gasteiger partial charge is 0.342 e. The summed E-state index contributed by atoms with van der Waals surface area (Å²) >= 11 is 0. The maximum Gasteiger partial charge on any atom is 0.342 e. The number of nitrogens with zero attached hydrogens (tertiary/aromatic N) is 4. The summed E-state index contributed by atoms with van der Waals surface area (Å²) in [5, 5.41) is 8.84. The molecule has 29 heavy (non-hydrogen) atoms. The highest BCUT2D eigenvalue weighted by Gasteiger charge is 2.21. The fourth-order valence-electron chi connectivity index (χ4n) is 3.15. The molecule has 0 saturated heterocycles. The van der Waals surface area contributed by atoms with Crippen LogP contribution >= 0.6 is 0 Å². The Bertz CT molecular complexity index is 1150. The number of hydrogen-bond acceptors (Lipinski definition) is 4. The van der Waals surface area contributed by atoms with Crippen LogP contribution in [-0.4, -0.2) is 25.5 Å². The van der Waals surface area contributed by atoms with Gasteiger partial charge in [-0.3, -0.25) is 0 Å². The molecule has 0 aliphatic rings. The normalized spacial score (nSPS) is 10.9. The van der Waals surface area contributed by atoms with Crippen LogP contribution in [0.1, 0.15) is 27.4 Å². The number of rotatable bonds is 5. The van der Waals surface area contributed by atoms with Crippen molar-refractivity contribution < 1.29 is 13.9 Å². The Morgan fingerprint density at radius 1 is 0.966 bits per heavy atom. The summed E-state index contributed by atoms with van der Waals surface area (Å²) in [4.78, 5) is 12.7. The molecular weight excluding hydrogens is 371 g/mol. The highest BCUT2D eigenvalue weighted by Crippen LogP contribution is 2.20. The van der Waals surface area contributed by atoms with Crippen molar-refractivity contribution in [1.82, 2.24) is 19.6 Å². The molecule has 7 heteroatoms. The summed E-state index contributed by atoms with van der Waals surface area (Å²) in [7, 11) is 0. The number of benzene rings is 2. The number of aryl methyl sites for hydroxylation is 1. The Balaban J connectivity index is 1.49. The van der Waals surface area contributed by atoms with Crippen LogP contribution in [0.4, 0.5) is 4.39 Å². The summed E-state index contributed by atoms with van der Waals surface area (Å²) in [6.07, 6.45) is 1.82. The SMILES string of the molecule is Cc1nn(-c2ccc(F)cc2)c(C)c1C(=O)OCc1ccn(-c2ccccc2)n1. The first-order valence-electron chi connectivity index (χ1n) is 9.12. The largest absolute Gasteiger partial charge is 0.455 e. The van der Waals surface area contributed by atoms with E-state index in [4.69, 9.17) is 4.74 Å². The summed E-state index contributed by atoms with van der Waals surface area (Å²) in [6, 6.07) is 17.4. The molecule has 4 aromatic rings. The Labute approximate surface area is 167 Å². The predicted octanol–water partition coefficient (Wildman–Crippen LogP) is 4.17. The van der Waals surface area contributed by atoms with Gasteiger partial charge in [-0.1, -0.05) is 18.2 Å². The van der Waals surface area contributed by atoms with Gasteiger partial charge in [-0.15, -0.1) is 0 Å². The van der Waals surface area contributed by atoms with Crippen LogP contribution < -0.4 is 0 Å². The highest BCUT2D eigenvalue weighted by molar-refractivity contribution is 5.92. The van der Waals surface area contributed by atoms with E-state index in [1.807, 2.05) is 42.6 Å². The zero-order valence-corrected chi connectivity index (χ0v) is 16.0. The standard InChI is InChI=1S/C22H19FN4O2/c1-15-21(16(2)27(24-15)20-10-8-17(23)9-11-20)22(28)29-14-18-12-13-26(25-18)19-6-4-3-5-7-19/h3-13H,14H2,1-2H3. The first-order chi connectivity index (χ1) is 14.0. The lowest BCUT2D eigenvalue weighted by atomic mass is 10.2. The Hall–Kier alpha value is -3.74. The molecule has 146 valence electrons. The van der Waals surface area contributed by atoms with Crippen molar-refractivity contribution in [2.75, 3.05) is 0 Å². The van der Waals surface area contributed by atoms with Crippen LogP contribution in [0, 0.1) is 19.7 Å². The molecule has 0 bridgehead atoms. The number of ether oxygens (including phenoxy) is 1. The molecule has 6 nitrogen and oxygen atoms in total. The molecule has 2 aromatic heterocycles. The van der Waals surface area contributed by atoms with E-state index in [1.54, 1.807) is 35.3 Å². The molecule has 0 fully saturated rings. The molecular formula is C22H19FN4O2. The molecule has 0 N–H and O–H groups in total. The molecule has 0 unspecified atom stereocenters. The van der Waals surface area contributed by atoms with Gasteiger partial charge in [-0.25, -0.2) is 18.5 Å². The van der Waals surface area contributed by atoms with E-state index in [0.717, 1.165) is 5.69 Å². The van der Waals surface area contributed by atoms with E-state index in [2.05, 4.69) is 10.2 Å². The number of halogens is 1. The summed E-state index contributed by atoms with van der Waals surface area (Å²) in [6.45, 7) is 3.58. The molecule has 0 spiro atoms. The van der Waals surface area contributed by atoms with Crippen molar-refractivity contribution >= 4 is 5.97 Å². The van der Waals surface area contributed by atoms with Crippen molar-refractivity contribution in [2.45, 2.75) is 20.5 Å². The minimum absolute atomic E-state index is 0.0548. The highest BCUT2D eigenvalue weighted by atomic mass is 19.1. The second-order valence-electron chi connectivity index (χ2n) is 6.60. The van der Waals surface area contributed by atoms with E-state index in [0.29, 0.717) is 28.3 Å². The fourth-order valence-corrected chi connectivity index (χ4v) is 3.15. The molecule has 0 aliphatic heterocycles. The predicted molar refractivity (Wildman–Crippen MR) is 106 cm³/mol. The monoisotopic (exact) mass is 390 g/mol. The quantitative estimate of drug-likeness (QED) is 0.480. The zero-order chi connectivity index (χ0) is 20.4. The van der Waals surface area contributed by atoms with Crippen LogP contribution in [0.25, 0.3) is 11.4 Å². The molecule has 4 rings (SSSR count). The number of esters is 1. The number of carbonyl (C=O) groups excluding carboxylic acids is 1. The van der Waals surface area contributed by atoms with Gasteiger partial charge < -0.3 is 4.74 Å². The Morgan fingerprint density at radius 2 is 1.69 bits per heavy atom. The van der Waals surface area contributed by atoms with Crippen molar-refractivity contribution in [3.05, 3.63) is 95.3 Å². The van der Waals surface area contributed by atoms with Gasteiger partial charge in [0.2, 0.25) is 0 Å². The number of para-hydroxylation sites is 1. The summed E-state index contributed by atoms with van der Waals surface area (Å²) in [5.41, 5.74) is 3.82. The van der Waals surface area contributed by atoms with Gasteiger partial charge in [-0.05, 0) is 56.3 Å². The molecule has 2 aromatic carbocycles. The van der Waals surface area contributed by atoms with Crippen LogP contribution in [-0.2, 0) is 11.3 Å². The van der Waals surface area contributed by atoms with Gasteiger partial charge >= 0.3 is 5.97 Å². The molecule has 0 amide bonds. The Kier molecular flexibility index (Phi) is 4.95. The summed E-state index contributed by atoms with van der Waals surface area (Å²) < 4.78 is 22.0. The van der Waals surface area contributed by atoms with Crippen molar-refractivity contribution in [3.8, 4) is 11.4 Å². The van der Waals surface area contributed by atoms with Crippen molar-refractivity contribution in [2.24, 2.45) is 0 Å². The van der Waals surface area contributed by atoms with Crippen molar-refractivity contribution in [3.63, 3.8) is 0 Å². The van der Waals surface area contributed by atoms with Gasteiger partial charge in [0, 0.05) is 6.20 Å². The van der Waals surface area contributed by atoms with Gasteiger partial charge in [0.05, 0.1) is 22.8 Å². The van der Waals surface area contributed by atoms with E-state index >= 15 is 0 Å². The molecule has 0 atom stereocenters. The fraction of sp³-hybridized carbons (Fsp3) is 0.136. The third-order valence-corrected chi connectivity index (χ3v) is 4.58. The first kappa shape index (κ1) is 18.6. The summed E-state index contributed by atoms with van der Waals surface area (Å²) in [5.74, 6) is -0.799. The topological polar surface area (TPSA) is 61.9 Å². The van der Waals surface area contributed by atoms with Crippen molar-refractivity contribution in [1.29, 1.82) is 0 Å². The molecule has 0 aliphatic carbocycles. The third kappa shape index (κ3) is 3.80. The van der Waals surface area contributed by atoms with E-state index in [-0.39, 0.29) is 12.4 Å². The number of carbonyl (C=O) groups is 1. The van der Waals surface area contributed by atoms with Gasteiger partial charge in [0.15, 0.2) is 0 Å². The lowest BCUT2D eigenvalue weighted by Crippen LogP contribution is -2.09. The van der Waals surface area contributed by atoms with Gasteiger partial charge in [-0.2, -0.15) is 10.2 Å². The molecule has 2 heterocycles. The lowest BCUT2D eigenvalue weighted by molar-refractivity contribution is 0.0465. The van der Waals surface area contributed by atoms with Crippen LogP contribution in [0.5, 0.6) is 0 Å². The first-order valence-corrected chi connectivity index (χ1v) is 9.12. The van der Waals surface area contributed by atoms with E-state index in [1.165, 1.54) is 12.1 Å². The molecule has 0 radical (unpaired) electrons. The maximum absolute atomic E-state index is 13.2. The minimum atomic E-state index is -0.470. The van der Waals surface area contributed by atoms with Gasteiger partial charge in [0.1, 0.15) is 23.7 Å².